The summed E-state index contributed by atoms with van der Waals surface area (Å²) >= 11 is 0. The fourth-order valence-corrected chi connectivity index (χ4v) is 3.92. The van der Waals surface area contributed by atoms with Crippen molar-refractivity contribution < 1.29 is 4.74 Å². The van der Waals surface area contributed by atoms with Gasteiger partial charge in [0.1, 0.15) is 0 Å². The second kappa shape index (κ2) is 7.74. The standard InChI is InChI=1S/C16H33N3O/c1-17-12-16(7-4-10-20-14-16)13-19-8-5-15(6-9-19)11-18(2)3/h15,17H,4-14H2,1-3H3. The average molecular weight is 283 g/mol. The van der Waals surface area contributed by atoms with Gasteiger partial charge in [0.05, 0.1) is 6.61 Å². The maximum absolute atomic E-state index is 5.78. The first kappa shape index (κ1) is 16.2. The Morgan fingerprint density at radius 3 is 2.60 bits per heavy atom. The summed E-state index contributed by atoms with van der Waals surface area (Å²) in [7, 11) is 6.45. The Morgan fingerprint density at radius 2 is 2.05 bits per heavy atom. The third kappa shape index (κ3) is 4.69. The summed E-state index contributed by atoms with van der Waals surface area (Å²) in [6, 6.07) is 0. The van der Waals surface area contributed by atoms with E-state index < -0.39 is 0 Å². The summed E-state index contributed by atoms with van der Waals surface area (Å²) < 4.78 is 5.78. The quantitative estimate of drug-likeness (QED) is 0.795. The number of nitrogens with zero attached hydrogens (tertiary/aromatic N) is 2. The Hall–Kier alpha value is -0.160. The lowest BCUT2D eigenvalue weighted by Gasteiger charge is -2.43. The average Bonchev–Trinajstić information content (AvgIpc) is 2.42. The van der Waals surface area contributed by atoms with Crippen molar-refractivity contribution in [1.82, 2.24) is 15.1 Å². The van der Waals surface area contributed by atoms with Crippen LogP contribution in [-0.2, 0) is 4.74 Å². The number of rotatable bonds is 6. The van der Waals surface area contributed by atoms with Gasteiger partial charge in [-0.2, -0.15) is 0 Å². The first-order valence-electron chi connectivity index (χ1n) is 8.23. The zero-order valence-electron chi connectivity index (χ0n) is 13.7. The van der Waals surface area contributed by atoms with Gasteiger partial charge in [0, 0.05) is 31.7 Å². The van der Waals surface area contributed by atoms with E-state index in [4.69, 9.17) is 4.74 Å². The van der Waals surface area contributed by atoms with E-state index in [2.05, 4.69) is 36.3 Å². The Morgan fingerprint density at radius 1 is 1.30 bits per heavy atom. The molecule has 0 aromatic heterocycles. The highest BCUT2D eigenvalue weighted by molar-refractivity contribution is 4.88. The first-order valence-corrected chi connectivity index (χ1v) is 8.23. The van der Waals surface area contributed by atoms with Crippen molar-refractivity contribution in [2.45, 2.75) is 25.7 Å². The molecule has 0 aromatic carbocycles. The van der Waals surface area contributed by atoms with Gasteiger partial charge in [-0.1, -0.05) is 0 Å². The maximum atomic E-state index is 5.78. The molecule has 2 aliphatic heterocycles. The van der Waals surface area contributed by atoms with Crippen LogP contribution < -0.4 is 5.32 Å². The van der Waals surface area contributed by atoms with Crippen LogP contribution in [0.1, 0.15) is 25.7 Å². The van der Waals surface area contributed by atoms with Crippen LogP contribution in [0.25, 0.3) is 0 Å². The second-order valence-corrected chi connectivity index (χ2v) is 7.17. The molecule has 4 heteroatoms. The molecule has 4 nitrogen and oxygen atoms in total. The predicted molar refractivity (Wildman–Crippen MR) is 84.1 cm³/mol. The van der Waals surface area contributed by atoms with Crippen LogP contribution in [-0.4, -0.2) is 76.9 Å². The van der Waals surface area contributed by atoms with Crippen molar-refractivity contribution in [3.05, 3.63) is 0 Å². The van der Waals surface area contributed by atoms with Crippen molar-refractivity contribution in [3.63, 3.8) is 0 Å². The number of hydrogen-bond acceptors (Lipinski definition) is 4. The van der Waals surface area contributed by atoms with E-state index >= 15 is 0 Å². The minimum absolute atomic E-state index is 0.349. The maximum Gasteiger partial charge on any atom is 0.0546 e. The minimum atomic E-state index is 0.349. The van der Waals surface area contributed by atoms with Crippen LogP contribution in [0.3, 0.4) is 0 Å². The van der Waals surface area contributed by atoms with Gasteiger partial charge >= 0.3 is 0 Å². The molecular weight excluding hydrogens is 250 g/mol. The van der Waals surface area contributed by atoms with Crippen molar-refractivity contribution in [2.24, 2.45) is 11.3 Å². The summed E-state index contributed by atoms with van der Waals surface area (Å²) in [6.07, 6.45) is 5.24. The van der Waals surface area contributed by atoms with E-state index in [1.807, 2.05) is 0 Å². The molecule has 1 N–H and O–H groups in total. The van der Waals surface area contributed by atoms with Gasteiger partial charge in [-0.05, 0) is 65.8 Å². The number of hydrogen-bond donors (Lipinski definition) is 1. The molecular formula is C16H33N3O. The molecule has 0 saturated carbocycles. The molecule has 0 aromatic rings. The van der Waals surface area contributed by atoms with E-state index in [0.717, 1.165) is 25.7 Å². The van der Waals surface area contributed by atoms with E-state index in [-0.39, 0.29) is 0 Å². The van der Waals surface area contributed by atoms with Crippen molar-refractivity contribution in [1.29, 1.82) is 0 Å². The minimum Gasteiger partial charge on any atom is -0.381 e. The zero-order valence-corrected chi connectivity index (χ0v) is 13.7. The normalized spacial score (nSPS) is 30.0. The topological polar surface area (TPSA) is 27.7 Å². The van der Waals surface area contributed by atoms with E-state index in [0.29, 0.717) is 5.41 Å². The van der Waals surface area contributed by atoms with Crippen molar-refractivity contribution >= 4 is 0 Å². The lowest BCUT2D eigenvalue weighted by molar-refractivity contribution is -0.0303. The molecule has 1 atom stereocenters. The molecule has 0 spiro atoms. The fraction of sp³-hybridized carbons (Fsp3) is 1.00. The number of ether oxygens (including phenoxy) is 1. The Balaban J connectivity index is 1.80. The van der Waals surface area contributed by atoms with Gasteiger partial charge in [-0.3, -0.25) is 0 Å². The summed E-state index contributed by atoms with van der Waals surface area (Å²) in [5.41, 5.74) is 0.349. The van der Waals surface area contributed by atoms with Crippen LogP contribution in [0.2, 0.25) is 0 Å². The molecule has 0 amide bonds. The SMILES string of the molecule is CNCC1(CN2CCC(CN(C)C)CC2)CCCOC1. The summed E-state index contributed by atoms with van der Waals surface area (Å²) in [4.78, 5) is 5.01. The lowest BCUT2D eigenvalue weighted by Crippen LogP contribution is -2.50. The molecule has 20 heavy (non-hydrogen) atoms. The van der Waals surface area contributed by atoms with Gasteiger partial charge in [0.2, 0.25) is 0 Å². The smallest absolute Gasteiger partial charge is 0.0546 e. The number of piperidine rings is 1. The van der Waals surface area contributed by atoms with Crippen LogP contribution in [0.15, 0.2) is 0 Å². The van der Waals surface area contributed by atoms with Gasteiger partial charge < -0.3 is 19.9 Å². The Kier molecular flexibility index (Phi) is 6.27. The first-order chi connectivity index (χ1) is 9.63. The Labute approximate surface area is 124 Å². The third-order valence-electron chi connectivity index (χ3n) is 4.85. The molecule has 1 unspecified atom stereocenters. The fourth-order valence-electron chi connectivity index (χ4n) is 3.92. The summed E-state index contributed by atoms with van der Waals surface area (Å²) in [6.45, 7) is 7.97. The summed E-state index contributed by atoms with van der Waals surface area (Å²) in [5.74, 6) is 0.893. The second-order valence-electron chi connectivity index (χ2n) is 7.17. The van der Waals surface area contributed by atoms with Crippen LogP contribution in [0.5, 0.6) is 0 Å². The monoisotopic (exact) mass is 283 g/mol. The molecule has 2 fully saturated rings. The number of likely N-dealkylation sites (tertiary alicyclic amines) is 1. The van der Waals surface area contributed by atoms with Gasteiger partial charge in [-0.15, -0.1) is 0 Å². The van der Waals surface area contributed by atoms with E-state index in [1.54, 1.807) is 0 Å². The molecule has 2 rings (SSSR count). The van der Waals surface area contributed by atoms with Gasteiger partial charge in [0.15, 0.2) is 0 Å². The van der Waals surface area contributed by atoms with Gasteiger partial charge in [-0.25, -0.2) is 0 Å². The molecule has 2 saturated heterocycles. The number of nitrogens with one attached hydrogen (secondary N) is 1. The predicted octanol–water partition coefficient (Wildman–Crippen LogP) is 1.28. The van der Waals surface area contributed by atoms with Crippen LogP contribution in [0, 0.1) is 11.3 Å². The highest BCUT2D eigenvalue weighted by atomic mass is 16.5. The highest BCUT2D eigenvalue weighted by Crippen LogP contribution is 2.30. The largest absolute Gasteiger partial charge is 0.381 e. The summed E-state index contributed by atoms with van der Waals surface area (Å²) in [5, 5.41) is 3.39. The van der Waals surface area contributed by atoms with Crippen LogP contribution >= 0.6 is 0 Å². The van der Waals surface area contributed by atoms with E-state index in [1.165, 1.54) is 51.9 Å². The lowest BCUT2D eigenvalue weighted by atomic mass is 9.81. The van der Waals surface area contributed by atoms with E-state index in [9.17, 15) is 0 Å². The van der Waals surface area contributed by atoms with Crippen molar-refractivity contribution in [3.8, 4) is 0 Å². The Bertz CT molecular complexity index is 263. The third-order valence-corrected chi connectivity index (χ3v) is 4.85. The highest BCUT2D eigenvalue weighted by Gasteiger charge is 2.35. The molecule has 0 bridgehead atoms. The van der Waals surface area contributed by atoms with Gasteiger partial charge in [0.25, 0.3) is 0 Å². The molecule has 118 valence electrons. The van der Waals surface area contributed by atoms with Crippen LogP contribution in [0.4, 0.5) is 0 Å². The molecule has 2 aliphatic rings. The molecule has 0 aliphatic carbocycles. The zero-order chi connectivity index (χ0) is 14.4. The molecule has 0 radical (unpaired) electrons. The molecule has 2 heterocycles. The van der Waals surface area contributed by atoms with Crippen molar-refractivity contribution in [2.75, 3.05) is 67.1 Å².